The fraction of sp³-hybridized carbons (Fsp3) is 0.900. The summed E-state index contributed by atoms with van der Waals surface area (Å²) < 4.78 is 4.79. The minimum absolute atomic E-state index is 0.0544. The molecule has 0 aromatic heterocycles. The summed E-state index contributed by atoms with van der Waals surface area (Å²) in [6.45, 7) is 5.28. The Balaban J connectivity index is 2.59. The van der Waals surface area contributed by atoms with E-state index in [1.807, 2.05) is 0 Å². The van der Waals surface area contributed by atoms with Crippen molar-refractivity contribution in [2.75, 3.05) is 13.7 Å². The van der Waals surface area contributed by atoms with Crippen molar-refractivity contribution in [3.05, 3.63) is 0 Å². The molecule has 0 bridgehead atoms. The molecule has 0 aromatic rings. The predicted molar refractivity (Wildman–Crippen MR) is 51.4 cm³/mol. The van der Waals surface area contributed by atoms with E-state index in [0.717, 1.165) is 19.4 Å². The van der Waals surface area contributed by atoms with Gasteiger partial charge in [-0.05, 0) is 25.3 Å². The fourth-order valence-corrected chi connectivity index (χ4v) is 2.02. The molecule has 1 fully saturated rings. The molecule has 3 nitrogen and oxygen atoms in total. The largest absolute Gasteiger partial charge is 0.469 e. The van der Waals surface area contributed by atoms with E-state index in [1.54, 1.807) is 0 Å². The molecule has 0 radical (unpaired) electrons. The van der Waals surface area contributed by atoms with Gasteiger partial charge in [0.25, 0.3) is 0 Å². The third kappa shape index (κ3) is 2.44. The maximum absolute atomic E-state index is 11.4. The van der Waals surface area contributed by atoms with E-state index in [9.17, 15) is 4.79 Å². The summed E-state index contributed by atoms with van der Waals surface area (Å²) in [5.41, 5.74) is 0. The van der Waals surface area contributed by atoms with Crippen LogP contribution in [0.15, 0.2) is 0 Å². The van der Waals surface area contributed by atoms with Crippen molar-refractivity contribution in [1.29, 1.82) is 0 Å². The van der Waals surface area contributed by atoms with Gasteiger partial charge in [-0.15, -0.1) is 0 Å². The number of rotatable bonds is 2. The number of hydrogen-bond acceptors (Lipinski definition) is 3. The summed E-state index contributed by atoms with van der Waals surface area (Å²) in [6, 6.07) is 0.309. The molecule has 13 heavy (non-hydrogen) atoms. The lowest BCUT2D eigenvalue weighted by atomic mass is 9.84. The van der Waals surface area contributed by atoms with Crippen LogP contribution in [0, 0.1) is 11.8 Å². The first kappa shape index (κ1) is 10.5. The van der Waals surface area contributed by atoms with Crippen molar-refractivity contribution in [1.82, 2.24) is 5.32 Å². The third-order valence-electron chi connectivity index (χ3n) is 2.81. The van der Waals surface area contributed by atoms with Gasteiger partial charge in [-0.25, -0.2) is 0 Å². The van der Waals surface area contributed by atoms with Crippen molar-refractivity contribution < 1.29 is 9.53 Å². The van der Waals surface area contributed by atoms with E-state index in [0.29, 0.717) is 12.0 Å². The highest BCUT2D eigenvalue weighted by Gasteiger charge is 2.32. The Labute approximate surface area is 79.8 Å². The van der Waals surface area contributed by atoms with Gasteiger partial charge < -0.3 is 10.1 Å². The maximum Gasteiger partial charge on any atom is 0.310 e. The second kappa shape index (κ2) is 4.61. The Morgan fingerprint density at radius 1 is 1.62 bits per heavy atom. The van der Waals surface area contributed by atoms with Crippen molar-refractivity contribution in [3.8, 4) is 0 Å². The van der Waals surface area contributed by atoms with Crippen LogP contribution in [0.2, 0.25) is 0 Å². The van der Waals surface area contributed by atoms with E-state index in [-0.39, 0.29) is 11.9 Å². The molecule has 76 valence electrons. The van der Waals surface area contributed by atoms with Crippen LogP contribution in [0.25, 0.3) is 0 Å². The highest BCUT2D eigenvalue weighted by atomic mass is 16.5. The molecule has 0 aromatic carbocycles. The zero-order valence-corrected chi connectivity index (χ0v) is 8.67. The van der Waals surface area contributed by atoms with Gasteiger partial charge in [0, 0.05) is 6.04 Å². The molecule has 1 saturated heterocycles. The van der Waals surface area contributed by atoms with Crippen molar-refractivity contribution in [2.45, 2.75) is 32.7 Å². The normalized spacial score (nSPS) is 34.2. The molecule has 1 aliphatic rings. The molecule has 1 rings (SSSR count). The molecular formula is C10H19NO2. The Bertz CT molecular complexity index is 182. The molecule has 0 spiro atoms. The highest BCUT2D eigenvalue weighted by molar-refractivity contribution is 5.73. The Morgan fingerprint density at radius 2 is 2.31 bits per heavy atom. The number of ether oxygens (including phenoxy) is 1. The van der Waals surface area contributed by atoms with Gasteiger partial charge in [-0.2, -0.15) is 0 Å². The summed E-state index contributed by atoms with van der Waals surface area (Å²) in [4.78, 5) is 11.4. The quantitative estimate of drug-likeness (QED) is 0.657. The Morgan fingerprint density at radius 3 is 2.85 bits per heavy atom. The molecule has 3 heteroatoms. The van der Waals surface area contributed by atoms with Crippen LogP contribution >= 0.6 is 0 Å². The van der Waals surface area contributed by atoms with Crippen molar-refractivity contribution in [2.24, 2.45) is 11.8 Å². The fourth-order valence-electron chi connectivity index (χ4n) is 2.02. The van der Waals surface area contributed by atoms with Crippen LogP contribution in [-0.2, 0) is 9.53 Å². The van der Waals surface area contributed by atoms with E-state index < -0.39 is 0 Å². The van der Waals surface area contributed by atoms with Crippen molar-refractivity contribution in [3.63, 3.8) is 0 Å². The zero-order chi connectivity index (χ0) is 9.84. The predicted octanol–water partition coefficient (Wildman–Crippen LogP) is 1.18. The summed E-state index contributed by atoms with van der Waals surface area (Å²) in [5.74, 6) is 0.566. The van der Waals surface area contributed by atoms with Gasteiger partial charge in [0.1, 0.15) is 0 Å². The lowest BCUT2D eigenvalue weighted by Gasteiger charge is -2.33. The molecule has 1 heterocycles. The van der Waals surface area contributed by atoms with E-state index in [2.05, 4.69) is 19.2 Å². The Kier molecular flexibility index (Phi) is 3.72. The first-order valence-electron chi connectivity index (χ1n) is 5.00. The van der Waals surface area contributed by atoms with Gasteiger partial charge in [0.2, 0.25) is 0 Å². The smallest absolute Gasteiger partial charge is 0.310 e. The van der Waals surface area contributed by atoms with Gasteiger partial charge in [0.05, 0.1) is 13.0 Å². The van der Waals surface area contributed by atoms with Gasteiger partial charge in [0.15, 0.2) is 0 Å². The number of carbonyl (C=O) groups is 1. The summed E-state index contributed by atoms with van der Waals surface area (Å²) in [5, 5.41) is 3.38. The average molecular weight is 185 g/mol. The summed E-state index contributed by atoms with van der Waals surface area (Å²) in [7, 11) is 1.47. The van der Waals surface area contributed by atoms with Crippen LogP contribution in [0.5, 0.6) is 0 Å². The van der Waals surface area contributed by atoms with Crippen LogP contribution < -0.4 is 5.32 Å². The topological polar surface area (TPSA) is 38.3 Å². The lowest BCUT2D eigenvalue weighted by Crippen LogP contribution is -2.47. The molecule has 3 unspecified atom stereocenters. The van der Waals surface area contributed by atoms with Gasteiger partial charge in [-0.3, -0.25) is 4.79 Å². The molecular weight excluding hydrogens is 166 g/mol. The minimum atomic E-state index is -0.0640. The number of piperidine rings is 1. The first-order valence-corrected chi connectivity index (χ1v) is 5.00. The number of methoxy groups -OCH3 is 1. The second-order valence-corrected chi connectivity index (χ2v) is 3.89. The molecule has 3 atom stereocenters. The zero-order valence-electron chi connectivity index (χ0n) is 8.67. The highest BCUT2D eigenvalue weighted by Crippen LogP contribution is 2.23. The van der Waals surface area contributed by atoms with Crippen LogP contribution in [-0.4, -0.2) is 25.7 Å². The molecule has 1 N–H and O–H groups in total. The lowest BCUT2D eigenvalue weighted by molar-refractivity contribution is -0.148. The summed E-state index contributed by atoms with van der Waals surface area (Å²) in [6.07, 6.45) is 1.95. The van der Waals surface area contributed by atoms with E-state index in [4.69, 9.17) is 4.74 Å². The molecule has 0 saturated carbocycles. The Hall–Kier alpha value is -0.570. The SMILES string of the molecule is CCC1NCC(C)CC1C(=O)OC. The van der Waals surface area contributed by atoms with Crippen LogP contribution in [0.4, 0.5) is 0 Å². The molecule has 1 aliphatic heterocycles. The first-order chi connectivity index (χ1) is 6.19. The number of hydrogen-bond donors (Lipinski definition) is 1. The minimum Gasteiger partial charge on any atom is -0.469 e. The average Bonchev–Trinajstić information content (AvgIpc) is 2.16. The monoisotopic (exact) mass is 185 g/mol. The number of nitrogens with one attached hydrogen (secondary N) is 1. The van der Waals surface area contributed by atoms with Gasteiger partial charge >= 0.3 is 5.97 Å². The van der Waals surface area contributed by atoms with E-state index in [1.165, 1.54) is 7.11 Å². The molecule has 0 amide bonds. The third-order valence-corrected chi connectivity index (χ3v) is 2.81. The van der Waals surface area contributed by atoms with Crippen molar-refractivity contribution >= 4 is 5.97 Å². The van der Waals surface area contributed by atoms with E-state index >= 15 is 0 Å². The standard InChI is InChI=1S/C10H19NO2/c1-4-9-8(10(12)13-3)5-7(2)6-11-9/h7-9,11H,4-6H2,1-3H3. The number of esters is 1. The summed E-state index contributed by atoms with van der Waals surface area (Å²) >= 11 is 0. The maximum atomic E-state index is 11.4. The molecule has 0 aliphatic carbocycles. The number of carbonyl (C=O) groups excluding carboxylic acids is 1. The van der Waals surface area contributed by atoms with Gasteiger partial charge in [-0.1, -0.05) is 13.8 Å². The second-order valence-electron chi connectivity index (χ2n) is 3.89. The van der Waals surface area contributed by atoms with Crippen LogP contribution in [0.1, 0.15) is 26.7 Å². The van der Waals surface area contributed by atoms with Crippen LogP contribution in [0.3, 0.4) is 0 Å².